The van der Waals surface area contributed by atoms with E-state index in [4.69, 9.17) is 22.9 Å². The number of aliphatic carboxylic acids is 1. The topological polar surface area (TPSA) is 389 Å². The molecule has 0 radical (unpaired) electrons. The fourth-order valence-corrected chi connectivity index (χ4v) is 8.54. The Morgan fingerprint density at radius 3 is 1.82 bits per heavy atom. The highest BCUT2D eigenvalue weighted by Crippen LogP contribution is 2.22. The molecule has 71 heavy (non-hydrogen) atoms. The molecule has 8 amide bonds. The van der Waals surface area contributed by atoms with Gasteiger partial charge in [0, 0.05) is 31.8 Å². The van der Waals surface area contributed by atoms with Gasteiger partial charge in [-0.05, 0) is 108 Å². The fourth-order valence-electron chi connectivity index (χ4n) is 8.29. The third-order valence-electron chi connectivity index (χ3n) is 12.2. The van der Waals surface area contributed by atoms with Crippen molar-refractivity contribution in [2.24, 2.45) is 33.8 Å². The summed E-state index contributed by atoms with van der Waals surface area (Å²) in [7, 11) is 0. The summed E-state index contributed by atoms with van der Waals surface area (Å²) in [6.45, 7) is 7.40. The Morgan fingerprint density at radius 1 is 0.690 bits per heavy atom. The van der Waals surface area contributed by atoms with Crippen LogP contribution in [0.15, 0.2) is 29.3 Å². The molecule has 3 rings (SSSR count). The number of thiol groups is 1. The Hall–Kier alpha value is -6.21. The van der Waals surface area contributed by atoms with Crippen LogP contribution in [0, 0.1) is 5.92 Å². The molecule has 2 fully saturated rings. The highest BCUT2D eigenvalue weighted by Gasteiger charge is 2.41. The molecule has 0 spiro atoms. The molecule has 24 nitrogen and oxygen atoms in total. The number of guanidine groups is 1. The number of unbranched alkanes of at least 4 members (excludes halogenated alkanes) is 1. The first-order valence-electron chi connectivity index (χ1n) is 24.1. The summed E-state index contributed by atoms with van der Waals surface area (Å²) in [5.41, 5.74) is 23.1. The number of amides is 8. The molecule has 0 saturated carbocycles. The fraction of sp³-hybridized carbons (Fsp3) is 0.652. The van der Waals surface area contributed by atoms with E-state index in [1.807, 2.05) is 13.8 Å². The van der Waals surface area contributed by atoms with Gasteiger partial charge in [-0.25, -0.2) is 4.79 Å². The third kappa shape index (κ3) is 18.8. The van der Waals surface area contributed by atoms with Gasteiger partial charge in [-0.3, -0.25) is 43.3 Å². The van der Waals surface area contributed by atoms with Crippen LogP contribution in [-0.2, 0) is 49.6 Å². The smallest absolute Gasteiger partial charge is 0.326 e. The third-order valence-corrected chi connectivity index (χ3v) is 12.5. The van der Waals surface area contributed by atoms with E-state index >= 15 is 0 Å². The second kappa shape index (κ2) is 29.2. The minimum atomic E-state index is -1.27. The molecule has 396 valence electrons. The van der Waals surface area contributed by atoms with Crippen molar-refractivity contribution in [1.82, 2.24) is 41.7 Å². The van der Waals surface area contributed by atoms with Crippen molar-refractivity contribution in [1.29, 1.82) is 0 Å². The van der Waals surface area contributed by atoms with Crippen LogP contribution >= 0.6 is 12.6 Å². The normalized spacial score (nSPS) is 18.4. The molecule has 1 aromatic carbocycles. The van der Waals surface area contributed by atoms with Gasteiger partial charge < -0.3 is 74.8 Å². The van der Waals surface area contributed by atoms with E-state index in [0.29, 0.717) is 50.6 Å². The van der Waals surface area contributed by atoms with Gasteiger partial charge in [0.2, 0.25) is 47.3 Å². The Kier molecular flexibility index (Phi) is 24.3. The number of nitrogens with one attached hydrogen (secondary N) is 6. The summed E-state index contributed by atoms with van der Waals surface area (Å²) >= 11 is 4.27. The zero-order valence-electron chi connectivity index (χ0n) is 41.1. The van der Waals surface area contributed by atoms with E-state index in [1.54, 1.807) is 12.1 Å². The molecular formula is C46H75N13O11S. The maximum absolute atomic E-state index is 14.0. The average Bonchev–Trinajstić information content (AvgIpc) is 4.02. The highest BCUT2D eigenvalue weighted by molar-refractivity contribution is 7.80. The zero-order chi connectivity index (χ0) is 52.9. The van der Waals surface area contributed by atoms with E-state index in [-0.39, 0.29) is 75.1 Å². The van der Waals surface area contributed by atoms with Crippen LogP contribution in [0.3, 0.4) is 0 Å². The number of carbonyl (C=O) groups is 9. The minimum absolute atomic E-state index is 0.00646. The second-order valence-electron chi connectivity index (χ2n) is 18.4. The summed E-state index contributed by atoms with van der Waals surface area (Å²) < 4.78 is 0. The molecule has 2 aliphatic rings. The number of phenolic OH excluding ortho intramolecular Hbond substituents is 1. The number of carbonyl (C=O) groups excluding carboxylic acids is 8. The molecule has 2 heterocycles. The number of nitrogens with two attached hydrogens (primary N) is 4. The van der Waals surface area contributed by atoms with Crippen molar-refractivity contribution in [3.63, 3.8) is 0 Å². The van der Waals surface area contributed by atoms with Crippen molar-refractivity contribution < 1.29 is 53.4 Å². The maximum atomic E-state index is 14.0. The summed E-state index contributed by atoms with van der Waals surface area (Å²) in [6.07, 6.45) is 3.34. The second-order valence-corrected chi connectivity index (χ2v) is 18.8. The van der Waals surface area contributed by atoms with Gasteiger partial charge in [0.05, 0.1) is 6.04 Å². The zero-order valence-corrected chi connectivity index (χ0v) is 42.0. The summed E-state index contributed by atoms with van der Waals surface area (Å²) in [5.74, 6) is -6.81. The lowest BCUT2D eigenvalue weighted by Crippen LogP contribution is -2.60. The van der Waals surface area contributed by atoms with E-state index in [2.05, 4.69) is 49.5 Å². The first kappa shape index (κ1) is 59.1. The molecule has 0 unspecified atom stereocenters. The minimum Gasteiger partial charge on any atom is -0.508 e. The van der Waals surface area contributed by atoms with Gasteiger partial charge in [-0.15, -0.1) is 0 Å². The van der Waals surface area contributed by atoms with Crippen LogP contribution in [0.1, 0.15) is 97.5 Å². The Morgan fingerprint density at radius 2 is 1.25 bits per heavy atom. The van der Waals surface area contributed by atoms with Gasteiger partial charge in [-0.1, -0.05) is 26.0 Å². The Labute approximate surface area is 419 Å². The van der Waals surface area contributed by atoms with Crippen LogP contribution in [0.5, 0.6) is 5.75 Å². The molecule has 16 N–H and O–H groups in total. The van der Waals surface area contributed by atoms with Gasteiger partial charge in [0.1, 0.15) is 54.1 Å². The first-order valence-corrected chi connectivity index (χ1v) is 24.8. The summed E-state index contributed by atoms with van der Waals surface area (Å²) in [6, 6.07) is -4.12. The van der Waals surface area contributed by atoms with Crippen LogP contribution < -0.4 is 54.8 Å². The number of rotatable bonds is 28. The van der Waals surface area contributed by atoms with Crippen molar-refractivity contribution in [2.45, 2.75) is 153 Å². The van der Waals surface area contributed by atoms with Crippen molar-refractivity contribution in [2.75, 3.05) is 31.9 Å². The average molecular weight is 1020 g/mol. The number of aliphatic imine (C=N–C) groups is 1. The van der Waals surface area contributed by atoms with Crippen molar-refractivity contribution in [3.8, 4) is 5.75 Å². The maximum Gasteiger partial charge on any atom is 0.326 e. The van der Waals surface area contributed by atoms with E-state index < -0.39 is 108 Å². The molecule has 25 heteroatoms. The predicted octanol–water partition coefficient (Wildman–Crippen LogP) is -2.56. The Balaban J connectivity index is 1.65. The number of nitrogens with zero attached hydrogens (tertiary/aromatic N) is 3. The van der Waals surface area contributed by atoms with Crippen molar-refractivity contribution in [3.05, 3.63) is 29.8 Å². The lowest BCUT2D eigenvalue weighted by molar-refractivity contribution is -0.145. The van der Waals surface area contributed by atoms with E-state index in [0.717, 1.165) is 0 Å². The number of aromatic hydroxyl groups is 1. The molecule has 2 saturated heterocycles. The first-order chi connectivity index (χ1) is 33.6. The Bertz CT molecular complexity index is 2040. The number of carboxylic acid groups (broad SMARTS) is 1. The quantitative estimate of drug-likeness (QED) is 0.0178. The molecule has 9 atom stereocenters. The van der Waals surface area contributed by atoms with Crippen LogP contribution in [0.2, 0.25) is 0 Å². The van der Waals surface area contributed by atoms with Crippen molar-refractivity contribution >= 4 is 71.8 Å². The van der Waals surface area contributed by atoms with E-state index in [9.17, 15) is 53.4 Å². The van der Waals surface area contributed by atoms with Gasteiger partial charge >= 0.3 is 5.97 Å². The van der Waals surface area contributed by atoms with Gasteiger partial charge in [-0.2, -0.15) is 12.6 Å². The number of hydrogen-bond acceptors (Lipinski definition) is 14. The summed E-state index contributed by atoms with van der Waals surface area (Å²) in [4.78, 5) is 127. The lowest BCUT2D eigenvalue weighted by Gasteiger charge is -2.31. The standard InChI is InChI=1S/C46H75N13O11S/c1-25(2)22-33(45(69)70)56-42(66)36-13-9-21-59(36)44(68)31(11-5-6-18-47)54-40(64)34(24-71)57-37(61)26(3)52-41(65)35-12-8-20-58(35)43(67)27(4)53-39(63)32(23-28-14-16-29(60)17-15-28)55-38(62)30(48)10-7-19-51-46(49)50/h14-17,25-27,30-36,60,71H,5-13,18-24,47-48H2,1-4H3,(H,52,65)(H,53,63)(H,54,64)(H,55,62)(H,56,66)(H,57,61)(H,69,70)(H4,49,50,51)/t26-,27-,30-,31-,32-,33-,34-,35-,36-/m0/s1. The van der Waals surface area contributed by atoms with Gasteiger partial charge in [0.15, 0.2) is 5.96 Å². The molecule has 0 aliphatic carbocycles. The number of phenols is 1. The number of carboxylic acids is 1. The number of hydrogen-bond donors (Lipinski definition) is 13. The molecule has 2 aliphatic heterocycles. The predicted molar refractivity (Wildman–Crippen MR) is 266 cm³/mol. The van der Waals surface area contributed by atoms with Crippen LogP contribution in [0.4, 0.5) is 0 Å². The molecular weight excluding hydrogens is 943 g/mol. The lowest BCUT2D eigenvalue weighted by atomic mass is 10.0. The highest BCUT2D eigenvalue weighted by atomic mass is 32.1. The van der Waals surface area contributed by atoms with Crippen LogP contribution in [-0.4, -0.2) is 166 Å². The summed E-state index contributed by atoms with van der Waals surface area (Å²) in [5, 5.41) is 35.2. The molecule has 0 aromatic heterocycles. The van der Waals surface area contributed by atoms with Gasteiger partial charge in [0.25, 0.3) is 0 Å². The molecule has 1 aromatic rings. The SMILES string of the molecule is CC(C)C[C@H](NC(=O)[C@@H]1CCCN1C(=O)[C@H](CCCCN)NC(=O)[C@H](CS)NC(=O)[C@H](C)NC(=O)[C@@H]1CCCN1C(=O)[C@H](C)NC(=O)[C@H](Cc1ccc(O)cc1)NC(=O)[C@@H](N)CCCN=C(N)N)C(=O)O. The van der Waals surface area contributed by atoms with Crippen LogP contribution in [0.25, 0.3) is 0 Å². The monoisotopic (exact) mass is 1020 g/mol. The molecule has 0 bridgehead atoms. The number of likely N-dealkylation sites (tertiary alicyclic amines) is 2. The number of benzene rings is 1. The largest absolute Gasteiger partial charge is 0.508 e. The van der Waals surface area contributed by atoms with E-state index in [1.165, 1.54) is 35.8 Å².